The first-order chi connectivity index (χ1) is 8.75. The summed E-state index contributed by atoms with van der Waals surface area (Å²) < 4.78 is 39.8. The van der Waals surface area contributed by atoms with Crippen LogP contribution in [-0.4, -0.2) is 25.7 Å². The van der Waals surface area contributed by atoms with Gasteiger partial charge in [-0.05, 0) is 25.0 Å². The van der Waals surface area contributed by atoms with Gasteiger partial charge in [-0.2, -0.15) is 0 Å². The molecule has 0 radical (unpaired) electrons. The van der Waals surface area contributed by atoms with Gasteiger partial charge in [0.15, 0.2) is 5.82 Å². The monoisotopic (exact) mass is 309 g/mol. The summed E-state index contributed by atoms with van der Waals surface area (Å²) in [6.45, 7) is 3.32. The van der Waals surface area contributed by atoms with E-state index in [1.54, 1.807) is 13.8 Å². The summed E-state index contributed by atoms with van der Waals surface area (Å²) in [5.41, 5.74) is -1.14. The molecule has 4 nitrogen and oxygen atoms in total. The van der Waals surface area contributed by atoms with Gasteiger partial charge in [-0.25, -0.2) is 17.5 Å². The summed E-state index contributed by atoms with van der Waals surface area (Å²) in [5.74, 6) is -0.992. The smallest absolute Gasteiger partial charge is 0.243 e. The Morgan fingerprint density at radius 3 is 2.47 bits per heavy atom. The van der Waals surface area contributed by atoms with Crippen molar-refractivity contribution in [2.24, 2.45) is 0 Å². The lowest BCUT2D eigenvalue weighted by Gasteiger charge is -2.25. The van der Waals surface area contributed by atoms with Gasteiger partial charge in [-0.1, -0.05) is 31.5 Å². The Hall–Kier alpha value is -0.690. The van der Waals surface area contributed by atoms with Gasteiger partial charge in [0, 0.05) is 6.54 Å². The van der Waals surface area contributed by atoms with E-state index in [1.165, 1.54) is 12.1 Å². The third-order valence-electron chi connectivity index (χ3n) is 3.11. The van der Waals surface area contributed by atoms with E-state index in [4.69, 9.17) is 11.6 Å². The number of hydrogen-bond acceptors (Lipinski definition) is 3. The topological polar surface area (TPSA) is 66.4 Å². The van der Waals surface area contributed by atoms with Gasteiger partial charge in [-0.15, -0.1) is 0 Å². The van der Waals surface area contributed by atoms with Crippen LogP contribution in [0.3, 0.4) is 0 Å². The average molecular weight is 310 g/mol. The van der Waals surface area contributed by atoms with Crippen molar-refractivity contribution in [2.45, 2.75) is 37.2 Å². The molecular formula is C12H17ClFNO3S. The lowest BCUT2D eigenvalue weighted by atomic mass is 9.98. The summed E-state index contributed by atoms with van der Waals surface area (Å²) >= 11 is 5.55. The van der Waals surface area contributed by atoms with Crippen LogP contribution < -0.4 is 4.72 Å². The number of hydrogen-bond donors (Lipinski definition) is 2. The number of aliphatic hydroxyl groups is 1. The van der Waals surface area contributed by atoms with Gasteiger partial charge in [0.1, 0.15) is 4.90 Å². The van der Waals surface area contributed by atoms with Gasteiger partial charge in [0.05, 0.1) is 10.6 Å². The molecule has 1 aromatic carbocycles. The molecule has 0 aromatic heterocycles. The lowest BCUT2D eigenvalue weighted by Crippen LogP contribution is -2.42. The summed E-state index contributed by atoms with van der Waals surface area (Å²) in [6.07, 6.45) is 0.786. The zero-order chi connectivity index (χ0) is 14.7. The van der Waals surface area contributed by atoms with Gasteiger partial charge in [0.25, 0.3) is 0 Å². The molecule has 0 atom stereocenters. The molecule has 0 fully saturated rings. The molecule has 2 N–H and O–H groups in total. The SMILES string of the molecule is CCC(O)(CC)CNS(=O)(=O)c1cccc(Cl)c1F. The molecule has 0 bridgehead atoms. The third-order valence-corrected chi connectivity index (χ3v) is 4.82. The summed E-state index contributed by atoms with van der Waals surface area (Å²) in [4.78, 5) is -0.519. The zero-order valence-electron chi connectivity index (χ0n) is 10.8. The average Bonchev–Trinajstić information content (AvgIpc) is 2.39. The molecule has 0 saturated heterocycles. The standard InChI is InChI=1S/C12H17ClFNO3S/c1-3-12(16,4-2)8-15-19(17,18)10-7-5-6-9(13)11(10)14/h5-7,15-16H,3-4,8H2,1-2H3. The Labute approximate surface area is 117 Å². The summed E-state index contributed by atoms with van der Waals surface area (Å²) in [5, 5.41) is 9.76. The predicted octanol–water partition coefficient (Wildman–Crippen LogP) is 2.31. The van der Waals surface area contributed by atoms with Crippen molar-refractivity contribution in [2.75, 3.05) is 6.54 Å². The van der Waals surface area contributed by atoms with E-state index in [2.05, 4.69) is 4.72 Å². The molecule has 0 aliphatic heterocycles. The first-order valence-corrected chi connectivity index (χ1v) is 7.78. The maximum Gasteiger partial charge on any atom is 0.243 e. The Kier molecular flexibility index (Phi) is 5.32. The summed E-state index contributed by atoms with van der Waals surface area (Å²) in [7, 11) is -4.04. The Balaban J connectivity index is 2.97. The highest BCUT2D eigenvalue weighted by Gasteiger charge is 2.27. The second-order valence-corrected chi connectivity index (χ2v) is 6.45. The number of sulfonamides is 1. The van der Waals surface area contributed by atoms with E-state index in [1.807, 2.05) is 0 Å². The van der Waals surface area contributed by atoms with Gasteiger partial charge in [-0.3, -0.25) is 0 Å². The van der Waals surface area contributed by atoms with Gasteiger partial charge >= 0.3 is 0 Å². The molecule has 19 heavy (non-hydrogen) atoms. The molecule has 1 aromatic rings. The molecule has 108 valence electrons. The Morgan fingerprint density at radius 1 is 1.37 bits per heavy atom. The molecule has 1 rings (SSSR count). The summed E-state index contributed by atoms with van der Waals surface area (Å²) in [6, 6.07) is 3.75. The molecule has 0 amide bonds. The largest absolute Gasteiger partial charge is 0.389 e. The van der Waals surface area contributed by atoms with Crippen LogP contribution in [0.25, 0.3) is 0 Å². The molecule has 0 unspecified atom stereocenters. The van der Waals surface area contributed by atoms with E-state index in [0.717, 1.165) is 6.07 Å². The van der Waals surface area contributed by atoms with Crippen molar-refractivity contribution in [3.63, 3.8) is 0 Å². The maximum absolute atomic E-state index is 13.7. The van der Waals surface area contributed by atoms with Crippen molar-refractivity contribution in [1.82, 2.24) is 4.72 Å². The molecule has 7 heteroatoms. The van der Waals surface area contributed by atoms with Gasteiger partial charge < -0.3 is 5.11 Å². The van der Waals surface area contributed by atoms with E-state index in [-0.39, 0.29) is 11.6 Å². The number of nitrogens with one attached hydrogen (secondary N) is 1. The second-order valence-electron chi connectivity index (χ2n) is 4.31. The molecule has 0 aliphatic carbocycles. The molecular weight excluding hydrogens is 293 g/mol. The third kappa shape index (κ3) is 3.89. The number of rotatable bonds is 6. The minimum Gasteiger partial charge on any atom is -0.389 e. The Morgan fingerprint density at radius 2 is 1.95 bits per heavy atom. The van der Waals surface area contributed by atoms with Crippen LogP contribution in [0.4, 0.5) is 4.39 Å². The highest BCUT2D eigenvalue weighted by molar-refractivity contribution is 7.89. The molecule has 0 spiro atoms. The van der Waals surface area contributed by atoms with Crippen molar-refractivity contribution in [3.05, 3.63) is 29.0 Å². The van der Waals surface area contributed by atoms with Crippen molar-refractivity contribution >= 4 is 21.6 Å². The van der Waals surface area contributed by atoms with Crippen molar-refractivity contribution < 1.29 is 17.9 Å². The second kappa shape index (κ2) is 6.17. The fourth-order valence-electron chi connectivity index (χ4n) is 1.50. The number of benzene rings is 1. The minimum atomic E-state index is -4.04. The first kappa shape index (κ1) is 16.4. The van der Waals surface area contributed by atoms with E-state index in [0.29, 0.717) is 12.8 Å². The van der Waals surface area contributed by atoms with Crippen LogP contribution in [0.1, 0.15) is 26.7 Å². The van der Waals surface area contributed by atoms with Crippen LogP contribution in [0.15, 0.2) is 23.1 Å². The number of halogens is 2. The quantitative estimate of drug-likeness (QED) is 0.847. The van der Waals surface area contributed by atoms with Crippen molar-refractivity contribution in [3.8, 4) is 0 Å². The maximum atomic E-state index is 13.7. The highest BCUT2D eigenvalue weighted by atomic mass is 35.5. The van der Waals surface area contributed by atoms with Crippen molar-refractivity contribution in [1.29, 1.82) is 0 Å². The predicted molar refractivity (Wildman–Crippen MR) is 72.1 cm³/mol. The van der Waals surface area contributed by atoms with E-state index in [9.17, 15) is 17.9 Å². The zero-order valence-corrected chi connectivity index (χ0v) is 12.4. The van der Waals surface area contributed by atoms with Gasteiger partial charge in [0.2, 0.25) is 10.0 Å². The van der Waals surface area contributed by atoms with E-state index >= 15 is 0 Å². The normalized spacial score (nSPS) is 12.7. The minimum absolute atomic E-state index is 0.172. The lowest BCUT2D eigenvalue weighted by molar-refractivity contribution is 0.0377. The molecule has 0 heterocycles. The van der Waals surface area contributed by atoms with Crippen LogP contribution in [0.2, 0.25) is 5.02 Å². The molecule has 0 aliphatic rings. The fourth-order valence-corrected chi connectivity index (χ4v) is 2.95. The van der Waals surface area contributed by atoms with E-state index < -0.39 is 26.3 Å². The molecule has 0 saturated carbocycles. The van der Waals surface area contributed by atoms with Crippen LogP contribution in [-0.2, 0) is 10.0 Å². The fraction of sp³-hybridized carbons (Fsp3) is 0.500. The first-order valence-electron chi connectivity index (χ1n) is 5.92. The van der Waals surface area contributed by atoms with Crippen LogP contribution in [0, 0.1) is 5.82 Å². The highest BCUT2D eigenvalue weighted by Crippen LogP contribution is 2.22. The van der Waals surface area contributed by atoms with Crippen LogP contribution in [0.5, 0.6) is 0 Å². The van der Waals surface area contributed by atoms with Crippen LogP contribution >= 0.6 is 11.6 Å². The Bertz CT molecular complexity index is 544.